The van der Waals surface area contributed by atoms with Gasteiger partial charge in [-0.3, -0.25) is 24.2 Å². The summed E-state index contributed by atoms with van der Waals surface area (Å²) in [5, 5.41) is 12.2. The number of rotatable bonds is 6. The van der Waals surface area contributed by atoms with Gasteiger partial charge < -0.3 is 20.2 Å². The SMILES string of the molecule is O=C(Nc1ccc(O)cc1)[C@@H]1CCN(CC(=O)N2CCN(CC(=O)N3CCCCC3)CC2)C1. The van der Waals surface area contributed by atoms with Crippen LogP contribution < -0.4 is 5.32 Å². The zero-order valence-electron chi connectivity index (χ0n) is 19.2. The van der Waals surface area contributed by atoms with Crippen LogP contribution in [0.4, 0.5) is 5.69 Å². The molecule has 3 aliphatic rings. The molecule has 3 saturated heterocycles. The van der Waals surface area contributed by atoms with Crippen LogP contribution in [0.1, 0.15) is 25.7 Å². The van der Waals surface area contributed by atoms with Crippen LogP contribution >= 0.6 is 0 Å². The number of piperidine rings is 1. The normalized spacial score (nSPS) is 22.4. The van der Waals surface area contributed by atoms with Gasteiger partial charge in [0.25, 0.3) is 0 Å². The standard InChI is InChI=1S/C24H35N5O4/c30-21-6-4-20(5-7-21)25-24(33)19-8-11-27(16-19)18-23(32)29-14-12-26(13-15-29)17-22(31)28-9-2-1-3-10-28/h4-7,19,30H,1-3,8-18H2,(H,25,33)/t19-/m1/s1. The molecule has 0 spiro atoms. The lowest BCUT2D eigenvalue weighted by Gasteiger charge is -2.36. The van der Waals surface area contributed by atoms with Gasteiger partial charge in [0.15, 0.2) is 0 Å². The molecule has 0 aromatic heterocycles. The molecule has 3 amide bonds. The van der Waals surface area contributed by atoms with E-state index in [0.29, 0.717) is 38.4 Å². The lowest BCUT2D eigenvalue weighted by Crippen LogP contribution is -2.53. The minimum absolute atomic E-state index is 0.0531. The Morgan fingerprint density at radius 1 is 0.788 bits per heavy atom. The summed E-state index contributed by atoms with van der Waals surface area (Å²) in [7, 11) is 0. The number of anilines is 1. The van der Waals surface area contributed by atoms with Gasteiger partial charge in [0.2, 0.25) is 17.7 Å². The fourth-order valence-corrected chi connectivity index (χ4v) is 4.86. The van der Waals surface area contributed by atoms with Gasteiger partial charge in [-0.1, -0.05) is 0 Å². The Labute approximate surface area is 195 Å². The number of phenolic OH excluding ortho intramolecular Hbond substituents is 1. The molecule has 3 aliphatic heterocycles. The van der Waals surface area contributed by atoms with E-state index in [1.807, 2.05) is 9.80 Å². The Kier molecular flexibility index (Phi) is 7.82. The molecule has 3 fully saturated rings. The molecule has 4 rings (SSSR count). The van der Waals surface area contributed by atoms with Crippen molar-refractivity contribution in [3.63, 3.8) is 0 Å². The quantitative estimate of drug-likeness (QED) is 0.614. The summed E-state index contributed by atoms with van der Waals surface area (Å²) >= 11 is 0. The first kappa shape index (κ1) is 23.5. The van der Waals surface area contributed by atoms with E-state index >= 15 is 0 Å². The number of carbonyl (C=O) groups is 3. The minimum Gasteiger partial charge on any atom is -0.508 e. The Morgan fingerprint density at radius 2 is 1.39 bits per heavy atom. The minimum atomic E-state index is -0.149. The number of carbonyl (C=O) groups excluding carboxylic acids is 3. The summed E-state index contributed by atoms with van der Waals surface area (Å²) in [6, 6.07) is 6.42. The summed E-state index contributed by atoms with van der Waals surface area (Å²) < 4.78 is 0. The van der Waals surface area contributed by atoms with Crippen molar-refractivity contribution in [3.8, 4) is 5.75 Å². The summed E-state index contributed by atoms with van der Waals surface area (Å²) in [6.07, 6.45) is 4.14. The first-order valence-electron chi connectivity index (χ1n) is 12.1. The number of aromatic hydroxyl groups is 1. The van der Waals surface area contributed by atoms with E-state index in [1.54, 1.807) is 24.3 Å². The van der Waals surface area contributed by atoms with Gasteiger partial charge in [0, 0.05) is 51.5 Å². The van der Waals surface area contributed by atoms with Crippen molar-refractivity contribution in [2.24, 2.45) is 5.92 Å². The second-order valence-electron chi connectivity index (χ2n) is 9.36. The molecule has 0 radical (unpaired) electrons. The van der Waals surface area contributed by atoms with E-state index in [-0.39, 0.29) is 29.4 Å². The molecule has 3 heterocycles. The van der Waals surface area contributed by atoms with Crippen LogP contribution in [0, 0.1) is 5.92 Å². The number of phenols is 1. The number of piperazine rings is 1. The Morgan fingerprint density at radius 3 is 2.06 bits per heavy atom. The van der Waals surface area contributed by atoms with Gasteiger partial charge >= 0.3 is 0 Å². The highest BCUT2D eigenvalue weighted by molar-refractivity contribution is 5.93. The maximum Gasteiger partial charge on any atom is 0.236 e. The molecule has 33 heavy (non-hydrogen) atoms. The summed E-state index contributed by atoms with van der Waals surface area (Å²) in [5.74, 6) is 0.264. The average Bonchev–Trinajstić information content (AvgIpc) is 3.30. The molecule has 2 N–H and O–H groups in total. The molecule has 1 atom stereocenters. The number of nitrogens with zero attached hydrogens (tertiary/aromatic N) is 4. The maximum atomic E-state index is 12.8. The molecule has 1 aromatic rings. The van der Waals surface area contributed by atoms with Gasteiger partial charge in [-0.15, -0.1) is 0 Å². The summed E-state index contributed by atoms with van der Waals surface area (Å²) in [5.41, 5.74) is 0.656. The molecule has 1 aromatic carbocycles. The third kappa shape index (κ3) is 6.45. The zero-order chi connectivity index (χ0) is 23.2. The number of likely N-dealkylation sites (tertiary alicyclic amines) is 2. The van der Waals surface area contributed by atoms with Crippen molar-refractivity contribution in [2.75, 3.05) is 70.8 Å². The van der Waals surface area contributed by atoms with Crippen LogP contribution in [0.5, 0.6) is 5.75 Å². The molecular formula is C24H35N5O4. The van der Waals surface area contributed by atoms with Crippen molar-refractivity contribution in [1.82, 2.24) is 19.6 Å². The van der Waals surface area contributed by atoms with E-state index in [2.05, 4.69) is 15.1 Å². The van der Waals surface area contributed by atoms with Crippen LogP contribution in [-0.4, -0.2) is 108 Å². The van der Waals surface area contributed by atoms with Crippen LogP contribution in [-0.2, 0) is 14.4 Å². The van der Waals surface area contributed by atoms with E-state index in [4.69, 9.17) is 0 Å². The Balaban J connectivity index is 1.16. The molecule has 9 heteroatoms. The molecule has 9 nitrogen and oxygen atoms in total. The largest absolute Gasteiger partial charge is 0.508 e. The predicted octanol–water partition coefficient (Wildman–Crippen LogP) is 0.809. The fraction of sp³-hybridized carbons (Fsp3) is 0.625. The molecule has 180 valence electrons. The number of nitrogens with one attached hydrogen (secondary N) is 1. The van der Waals surface area contributed by atoms with Gasteiger partial charge in [0.1, 0.15) is 5.75 Å². The molecular weight excluding hydrogens is 422 g/mol. The smallest absolute Gasteiger partial charge is 0.236 e. The van der Waals surface area contributed by atoms with Gasteiger partial charge in [-0.2, -0.15) is 0 Å². The van der Waals surface area contributed by atoms with E-state index in [0.717, 1.165) is 52.0 Å². The first-order valence-corrected chi connectivity index (χ1v) is 12.1. The lowest BCUT2D eigenvalue weighted by molar-refractivity contribution is -0.136. The van der Waals surface area contributed by atoms with Crippen LogP contribution in [0.15, 0.2) is 24.3 Å². The van der Waals surface area contributed by atoms with Gasteiger partial charge in [0.05, 0.1) is 19.0 Å². The zero-order valence-corrected chi connectivity index (χ0v) is 19.2. The molecule has 0 bridgehead atoms. The Bertz CT molecular complexity index is 832. The van der Waals surface area contributed by atoms with Crippen molar-refractivity contribution < 1.29 is 19.5 Å². The third-order valence-electron chi connectivity index (χ3n) is 6.93. The predicted molar refractivity (Wildman–Crippen MR) is 125 cm³/mol. The molecule has 0 saturated carbocycles. The van der Waals surface area contributed by atoms with Crippen LogP contribution in [0.25, 0.3) is 0 Å². The maximum absolute atomic E-state index is 12.8. The number of amides is 3. The van der Waals surface area contributed by atoms with Crippen LogP contribution in [0.3, 0.4) is 0 Å². The molecule has 0 aliphatic carbocycles. The first-order chi connectivity index (χ1) is 16.0. The van der Waals surface area contributed by atoms with E-state index in [1.165, 1.54) is 6.42 Å². The fourth-order valence-electron chi connectivity index (χ4n) is 4.86. The Hall–Kier alpha value is -2.65. The highest BCUT2D eigenvalue weighted by Gasteiger charge is 2.31. The van der Waals surface area contributed by atoms with E-state index in [9.17, 15) is 19.5 Å². The van der Waals surface area contributed by atoms with E-state index < -0.39 is 0 Å². The summed E-state index contributed by atoms with van der Waals surface area (Å²) in [4.78, 5) is 45.9. The van der Waals surface area contributed by atoms with Gasteiger partial charge in [-0.25, -0.2) is 0 Å². The highest BCUT2D eigenvalue weighted by Crippen LogP contribution is 2.20. The lowest BCUT2D eigenvalue weighted by atomic mass is 10.1. The number of hydrogen-bond acceptors (Lipinski definition) is 6. The monoisotopic (exact) mass is 457 g/mol. The van der Waals surface area contributed by atoms with Crippen molar-refractivity contribution in [3.05, 3.63) is 24.3 Å². The second kappa shape index (κ2) is 11.0. The topological polar surface area (TPSA) is 96.4 Å². The van der Waals surface area contributed by atoms with Crippen molar-refractivity contribution in [1.29, 1.82) is 0 Å². The highest BCUT2D eigenvalue weighted by atomic mass is 16.3. The average molecular weight is 458 g/mol. The summed E-state index contributed by atoms with van der Waals surface area (Å²) in [6.45, 7) is 6.56. The number of benzene rings is 1. The van der Waals surface area contributed by atoms with Crippen molar-refractivity contribution in [2.45, 2.75) is 25.7 Å². The molecule has 0 unspecified atom stereocenters. The number of hydrogen-bond donors (Lipinski definition) is 2. The van der Waals surface area contributed by atoms with Crippen molar-refractivity contribution >= 4 is 23.4 Å². The second-order valence-corrected chi connectivity index (χ2v) is 9.36. The van der Waals surface area contributed by atoms with Crippen LogP contribution in [0.2, 0.25) is 0 Å². The third-order valence-corrected chi connectivity index (χ3v) is 6.93. The van der Waals surface area contributed by atoms with Gasteiger partial charge in [-0.05, 0) is 56.5 Å².